The molecule has 0 fully saturated rings. The zero-order chi connectivity index (χ0) is 19.3. The zero-order valence-corrected chi connectivity index (χ0v) is 13.9. The van der Waals surface area contributed by atoms with Crippen molar-refractivity contribution < 1.29 is 27.4 Å². The molecule has 2 aromatic rings. The number of halogens is 3. The van der Waals surface area contributed by atoms with Crippen molar-refractivity contribution in [2.75, 3.05) is 7.11 Å². The summed E-state index contributed by atoms with van der Waals surface area (Å²) in [6.07, 6.45) is -4.93. The van der Waals surface area contributed by atoms with Gasteiger partial charge in [-0.05, 0) is 43.3 Å². The number of Topliss-reactive ketones (excluding diaryl/α,β-unsaturated/α-hetero) is 1. The standard InChI is InChI=1S/C18H15F3N2O3/c1-11(26-14-6-4-13(25-2)5-7-14)17(24)15(9-22)16-8-3-12(10-23-16)18(19,20)21/h3-8,10-11,15H,1-2H3. The lowest BCUT2D eigenvalue weighted by Crippen LogP contribution is -2.29. The Bertz CT molecular complexity index is 796. The van der Waals surface area contributed by atoms with Crippen LogP contribution in [-0.2, 0) is 11.0 Å². The first-order valence-electron chi connectivity index (χ1n) is 7.53. The van der Waals surface area contributed by atoms with Gasteiger partial charge in [-0.25, -0.2) is 0 Å². The topological polar surface area (TPSA) is 72.2 Å². The lowest BCUT2D eigenvalue weighted by Gasteiger charge is -2.17. The van der Waals surface area contributed by atoms with E-state index in [1.165, 1.54) is 14.0 Å². The Morgan fingerprint density at radius 1 is 1.15 bits per heavy atom. The average molecular weight is 364 g/mol. The minimum Gasteiger partial charge on any atom is -0.497 e. The highest BCUT2D eigenvalue weighted by atomic mass is 19.4. The Morgan fingerprint density at radius 2 is 1.77 bits per heavy atom. The van der Waals surface area contributed by atoms with E-state index in [-0.39, 0.29) is 5.69 Å². The molecule has 2 unspecified atom stereocenters. The number of carbonyl (C=O) groups is 1. The first-order chi connectivity index (χ1) is 12.3. The van der Waals surface area contributed by atoms with Gasteiger partial charge in [0.15, 0.2) is 17.8 Å². The Kier molecular flexibility index (Phi) is 5.82. The number of methoxy groups -OCH3 is 1. The van der Waals surface area contributed by atoms with Crippen LogP contribution in [0.2, 0.25) is 0 Å². The van der Waals surface area contributed by atoms with Gasteiger partial charge in [0.25, 0.3) is 0 Å². The molecule has 26 heavy (non-hydrogen) atoms. The van der Waals surface area contributed by atoms with E-state index < -0.39 is 29.5 Å². The molecule has 0 spiro atoms. The van der Waals surface area contributed by atoms with Gasteiger partial charge < -0.3 is 9.47 Å². The smallest absolute Gasteiger partial charge is 0.417 e. The van der Waals surface area contributed by atoms with Crippen LogP contribution in [0.4, 0.5) is 13.2 Å². The van der Waals surface area contributed by atoms with Crippen LogP contribution in [0.3, 0.4) is 0 Å². The lowest BCUT2D eigenvalue weighted by molar-refractivity contribution is -0.137. The molecule has 0 N–H and O–H groups in total. The van der Waals surface area contributed by atoms with Gasteiger partial charge in [0.1, 0.15) is 11.5 Å². The Balaban J connectivity index is 2.13. The summed E-state index contributed by atoms with van der Waals surface area (Å²) in [5, 5.41) is 9.26. The van der Waals surface area contributed by atoms with Crippen molar-refractivity contribution >= 4 is 5.78 Å². The maximum absolute atomic E-state index is 12.6. The summed E-state index contributed by atoms with van der Waals surface area (Å²) < 4.78 is 48.3. The molecule has 1 aromatic carbocycles. The molecule has 2 atom stereocenters. The molecule has 136 valence electrons. The third-order valence-corrected chi connectivity index (χ3v) is 3.60. The predicted octanol–water partition coefficient (Wildman–Crippen LogP) is 3.75. The maximum atomic E-state index is 12.6. The zero-order valence-electron chi connectivity index (χ0n) is 13.9. The highest BCUT2D eigenvalue weighted by molar-refractivity contribution is 5.91. The van der Waals surface area contributed by atoms with Crippen LogP contribution < -0.4 is 9.47 Å². The van der Waals surface area contributed by atoms with E-state index in [2.05, 4.69) is 4.98 Å². The van der Waals surface area contributed by atoms with Crippen LogP contribution in [0, 0.1) is 11.3 Å². The molecular weight excluding hydrogens is 349 g/mol. The van der Waals surface area contributed by atoms with Gasteiger partial charge in [-0.1, -0.05) is 0 Å². The average Bonchev–Trinajstić information content (AvgIpc) is 2.62. The number of ketones is 1. The summed E-state index contributed by atoms with van der Waals surface area (Å²) in [6, 6.07) is 10.1. The van der Waals surface area contributed by atoms with E-state index in [0.29, 0.717) is 17.7 Å². The third kappa shape index (κ3) is 4.51. The predicted molar refractivity (Wildman–Crippen MR) is 85.7 cm³/mol. The normalized spacial score (nSPS) is 13.4. The van der Waals surface area contributed by atoms with Crippen molar-refractivity contribution in [2.45, 2.75) is 25.1 Å². The minimum atomic E-state index is -4.54. The van der Waals surface area contributed by atoms with Gasteiger partial charge >= 0.3 is 6.18 Å². The van der Waals surface area contributed by atoms with Crippen LogP contribution in [0.15, 0.2) is 42.6 Å². The monoisotopic (exact) mass is 364 g/mol. The van der Waals surface area contributed by atoms with Crippen LogP contribution in [-0.4, -0.2) is 24.0 Å². The number of nitrogens with zero attached hydrogens (tertiary/aromatic N) is 2. The highest BCUT2D eigenvalue weighted by Crippen LogP contribution is 2.29. The van der Waals surface area contributed by atoms with Gasteiger partial charge in [-0.15, -0.1) is 0 Å². The molecule has 0 aliphatic carbocycles. The van der Waals surface area contributed by atoms with E-state index in [0.717, 1.165) is 12.1 Å². The molecule has 0 aliphatic heterocycles. The SMILES string of the molecule is COc1ccc(OC(C)C(=O)C(C#N)c2ccc(C(F)(F)F)cn2)cc1. The lowest BCUT2D eigenvalue weighted by atomic mass is 9.97. The summed E-state index contributed by atoms with van der Waals surface area (Å²) in [6.45, 7) is 1.46. The Labute approximate surface area is 148 Å². The summed E-state index contributed by atoms with van der Waals surface area (Å²) in [4.78, 5) is 16.1. The second kappa shape index (κ2) is 7.87. The summed E-state index contributed by atoms with van der Waals surface area (Å²) in [5.41, 5.74) is -1.01. The molecule has 8 heteroatoms. The number of hydrogen-bond donors (Lipinski definition) is 0. The van der Waals surface area contributed by atoms with Crippen LogP contribution in [0.25, 0.3) is 0 Å². The second-order valence-electron chi connectivity index (χ2n) is 5.37. The van der Waals surface area contributed by atoms with E-state index in [9.17, 15) is 23.2 Å². The van der Waals surface area contributed by atoms with Crippen LogP contribution >= 0.6 is 0 Å². The first kappa shape index (κ1) is 19.2. The van der Waals surface area contributed by atoms with Crippen molar-refractivity contribution in [3.8, 4) is 17.6 Å². The molecule has 2 rings (SSSR count). The number of nitriles is 1. The molecule has 0 amide bonds. The minimum absolute atomic E-state index is 0.0596. The molecule has 0 aliphatic rings. The number of hydrogen-bond acceptors (Lipinski definition) is 5. The first-order valence-corrected chi connectivity index (χ1v) is 7.53. The van der Waals surface area contributed by atoms with Crippen molar-refractivity contribution in [1.82, 2.24) is 4.98 Å². The largest absolute Gasteiger partial charge is 0.497 e. The van der Waals surface area contributed by atoms with Crippen LogP contribution in [0.5, 0.6) is 11.5 Å². The summed E-state index contributed by atoms with van der Waals surface area (Å²) in [5.74, 6) is -0.926. The molecule has 0 saturated heterocycles. The van der Waals surface area contributed by atoms with E-state index in [1.807, 2.05) is 0 Å². The van der Waals surface area contributed by atoms with Crippen molar-refractivity contribution in [3.05, 3.63) is 53.9 Å². The number of rotatable bonds is 6. The van der Waals surface area contributed by atoms with E-state index in [1.54, 1.807) is 30.3 Å². The fourth-order valence-corrected chi connectivity index (χ4v) is 2.17. The van der Waals surface area contributed by atoms with Gasteiger partial charge in [-0.2, -0.15) is 18.4 Å². The Morgan fingerprint density at radius 3 is 2.23 bits per heavy atom. The molecule has 0 saturated carbocycles. The van der Waals surface area contributed by atoms with E-state index in [4.69, 9.17) is 9.47 Å². The number of benzene rings is 1. The quantitative estimate of drug-likeness (QED) is 0.781. The highest BCUT2D eigenvalue weighted by Gasteiger charge is 2.32. The number of pyridine rings is 1. The molecule has 1 heterocycles. The Hall–Kier alpha value is -3.08. The van der Waals surface area contributed by atoms with Crippen LogP contribution in [0.1, 0.15) is 24.1 Å². The molecular formula is C18H15F3N2O3. The summed E-state index contributed by atoms with van der Waals surface area (Å²) in [7, 11) is 1.51. The molecule has 0 radical (unpaired) electrons. The molecule has 1 aromatic heterocycles. The second-order valence-corrected chi connectivity index (χ2v) is 5.37. The number of aromatic nitrogens is 1. The van der Waals surface area contributed by atoms with Gasteiger partial charge in [0.05, 0.1) is 24.4 Å². The number of alkyl halides is 3. The van der Waals surface area contributed by atoms with E-state index >= 15 is 0 Å². The maximum Gasteiger partial charge on any atom is 0.417 e. The van der Waals surface area contributed by atoms with Gasteiger partial charge in [-0.3, -0.25) is 9.78 Å². The van der Waals surface area contributed by atoms with Gasteiger partial charge in [0.2, 0.25) is 0 Å². The summed E-state index contributed by atoms with van der Waals surface area (Å²) >= 11 is 0. The molecule has 0 bridgehead atoms. The van der Waals surface area contributed by atoms with Crippen molar-refractivity contribution in [2.24, 2.45) is 0 Å². The van der Waals surface area contributed by atoms with Crippen molar-refractivity contribution in [3.63, 3.8) is 0 Å². The third-order valence-electron chi connectivity index (χ3n) is 3.60. The number of carbonyl (C=O) groups excluding carboxylic acids is 1. The molecule has 5 nitrogen and oxygen atoms in total. The fourth-order valence-electron chi connectivity index (χ4n) is 2.17. The fraction of sp³-hybridized carbons (Fsp3) is 0.278. The van der Waals surface area contributed by atoms with Crippen molar-refractivity contribution in [1.29, 1.82) is 5.26 Å². The number of ether oxygens (including phenoxy) is 2. The van der Waals surface area contributed by atoms with Gasteiger partial charge in [0, 0.05) is 6.20 Å².